The summed E-state index contributed by atoms with van der Waals surface area (Å²) in [6.07, 6.45) is 1.62. The summed E-state index contributed by atoms with van der Waals surface area (Å²) in [5.41, 5.74) is 5.55. The minimum absolute atomic E-state index is 0.122. The monoisotopic (exact) mass is 387 g/mol. The lowest BCUT2D eigenvalue weighted by molar-refractivity contribution is 0.486. The Morgan fingerprint density at radius 3 is 2.38 bits per heavy atom. The molecule has 0 spiro atoms. The summed E-state index contributed by atoms with van der Waals surface area (Å²) >= 11 is 1.47. The van der Waals surface area contributed by atoms with Gasteiger partial charge in [0, 0.05) is 5.38 Å². The number of nitrogens with one attached hydrogen (secondary N) is 1. The van der Waals surface area contributed by atoms with Gasteiger partial charge in [-0.2, -0.15) is 13.5 Å². The number of rotatable bonds is 6. The summed E-state index contributed by atoms with van der Waals surface area (Å²) in [6, 6.07) is 13.1. The second-order valence-electron chi connectivity index (χ2n) is 5.58. The Balaban J connectivity index is 1.64. The predicted molar refractivity (Wildman–Crippen MR) is 104 cm³/mol. The molecule has 6 nitrogen and oxygen atoms in total. The van der Waals surface area contributed by atoms with Gasteiger partial charge in [-0.05, 0) is 55.8 Å². The van der Waals surface area contributed by atoms with Gasteiger partial charge in [-0.3, -0.25) is 5.43 Å². The van der Waals surface area contributed by atoms with Crippen LogP contribution in [0.5, 0.6) is 5.75 Å². The van der Waals surface area contributed by atoms with Crippen molar-refractivity contribution in [2.24, 2.45) is 5.10 Å². The molecule has 3 aromatic rings. The SMILES string of the molecule is Cc1ccc(S(=O)(=O)Oc2ccc(/C=N\Nc3nc(C)cs3)cc2)cc1. The number of hydrogen-bond donors (Lipinski definition) is 1. The molecule has 0 atom stereocenters. The van der Waals surface area contributed by atoms with Crippen molar-refractivity contribution in [2.75, 3.05) is 5.43 Å². The van der Waals surface area contributed by atoms with Crippen molar-refractivity contribution >= 4 is 32.8 Å². The van der Waals surface area contributed by atoms with Crippen LogP contribution < -0.4 is 9.61 Å². The van der Waals surface area contributed by atoms with E-state index in [9.17, 15) is 8.42 Å². The fraction of sp³-hybridized carbons (Fsp3) is 0.111. The molecule has 0 aliphatic carbocycles. The highest BCUT2D eigenvalue weighted by molar-refractivity contribution is 7.87. The highest BCUT2D eigenvalue weighted by atomic mass is 32.2. The van der Waals surface area contributed by atoms with E-state index < -0.39 is 10.1 Å². The Kier molecular flexibility index (Phi) is 5.34. The molecule has 0 aliphatic rings. The average Bonchev–Trinajstić information content (AvgIpc) is 3.02. The number of benzene rings is 2. The number of nitrogens with zero attached hydrogens (tertiary/aromatic N) is 2. The Morgan fingerprint density at radius 2 is 1.77 bits per heavy atom. The first kappa shape index (κ1) is 18.1. The lowest BCUT2D eigenvalue weighted by atomic mass is 10.2. The maximum absolute atomic E-state index is 12.3. The van der Waals surface area contributed by atoms with E-state index in [-0.39, 0.29) is 10.6 Å². The van der Waals surface area contributed by atoms with Crippen molar-refractivity contribution in [3.05, 3.63) is 70.7 Å². The quantitative estimate of drug-likeness (QED) is 0.393. The zero-order valence-electron chi connectivity index (χ0n) is 14.2. The van der Waals surface area contributed by atoms with Crippen molar-refractivity contribution in [1.29, 1.82) is 0 Å². The van der Waals surface area contributed by atoms with Crippen LogP contribution in [-0.2, 0) is 10.1 Å². The van der Waals surface area contributed by atoms with Crippen molar-refractivity contribution in [3.8, 4) is 5.75 Å². The Bertz CT molecular complexity index is 1010. The fourth-order valence-electron chi connectivity index (χ4n) is 2.06. The van der Waals surface area contributed by atoms with E-state index in [2.05, 4.69) is 15.5 Å². The number of anilines is 1. The van der Waals surface area contributed by atoms with Gasteiger partial charge in [0.25, 0.3) is 0 Å². The minimum Gasteiger partial charge on any atom is -0.379 e. The number of thiazole rings is 1. The second kappa shape index (κ2) is 7.67. The lowest BCUT2D eigenvalue weighted by Gasteiger charge is -2.07. The summed E-state index contributed by atoms with van der Waals surface area (Å²) in [5, 5.41) is 6.74. The molecule has 2 aromatic carbocycles. The molecule has 0 radical (unpaired) electrons. The summed E-state index contributed by atoms with van der Waals surface area (Å²) in [4.78, 5) is 4.36. The first-order valence-electron chi connectivity index (χ1n) is 7.75. The van der Waals surface area contributed by atoms with E-state index in [1.54, 1.807) is 42.6 Å². The highest BCUT2D eigenvalue weighted by Crippen LogP contribution is 2.19. The third-order valence-corrected chi connectivity index (χ3v) is 5.51. The molecule has 1 N–H and O–H groups in total. The van der Waals surface area contributed by atoms with Crippen LogP contribution in [0.2, 0.25) is 0 Å². The van der Waals surface area contributed by atoms with E-state index in [1.165, 1.54) is 23.5 Å². The lowest BCUT2D eigenvalue weighted by Crippen LogP contribution is -2.09. The fourth-order valence-corrected chi connectivity index (χ4v) is 3.62. The van der Waals surface area contributed by atoms with Gasteiger partial charge in [0.1, 0.15) is 10.6 Å². The van der Waals surface area contributed by atoms with E-state index in [0.717, 1.165) is 16.8 Å². The van der Waals surface area contributed by atoms with Crippen LogP contribution in [0, 0.1) is 13.8 Å². The number of hydrogen-bond acceptors (Lipinski definition) is 7. The summed E-state index contributed by atoms with van der Waals surface area (Å²) in [5.74, 6) is 0.242. The van der Waals surface area contributed by atoms with Crippen LogP contribution in [0.15, 0.2) is 63.9 Å². The first-order valence-corrected chi connectivity index (χ1v) is 10.0. The second-order valence-corrected chi connectivity index (χ2v) is 7.99. The normalized spacial score (nSPS) is 11.6. The van der Waals surface area contributed by atoms with E-state index >= 15 is 0 Å². The summed E-state index contributed by atoms with van der Waals surface area (Å²) in [7, 11) is -3.85. The molecule has 0 aliphatic heterocycles. The molecule has 0 amide bonds. The van der Waals surface area contributed by atoms with E-state index in [1.807, 2.05) is 19.2 Å². The zero-order chi connectivity index (χ0) is 18.6. The molecule has 1 aromatic heterocycles. The third-order valence-electron chi connectivity index (χ3n) is 3.39. The topological polar surface area (TPSA) is 80.7 Å². The van der Waals surface area contributed by atoms with Gasteiger partial charge in [0.15, 0.2) is 0 Å². The number of aryl methyl sites for hydroxylation is 2. The van der Waals surface area contributed by atoms with Crippen molar-refractivity contribution in [3.63, 3.8) is 0 Å². The molecule has 0 fully saturated rings. The van der Waals surface area contributed by atoms with Gasteiger partial charge in [-0.15, -0.1) is 11.3 Å². The van der Waals surface area contributed by atoms with Crippen LogP contribution in [0.25, 0.3) is 0 Å². The molecule has 0 unspecified atom stereocenters. The molecule has 0 saturated carbocycles. The van der Waals surface area contributed by atoms with Crippen LogP contribution in [0.3, 0.4) is 0 Å². The molecular formula is C18H17N3O3S2. The molecule has 134 valence electrons. The number of aromatic nitrogens is 1. The Hall–Kier alpha value is -2.71. The van der Waals surface area contributed by atoms with E-state index in [4.69, 9.17) is 4.18 Å². The molecular weight excluding hydrogens is 370 g/mol. The molecule has 0 saturated heterocycles. The van der Waals surface area contributed by atoms with Gasteiger partial charge >= 0.3 is 10.1 Å². The molecule has 0 bridgehead atoms. The molecule has 8 heteroatoms. The molecule has 26 heavy (non-hydrogen) atoms. The largest absolute Gasteiger partial charge is 0.379 e. The van der Waals surface area contributed by atoms with Crippen molar-refractivity contribution < 1.29 is 12.6 Å². The van der Waals surface area contributed by atoms with Gasteiger partial charge in [-0.25, -0.2) is 4.98 Å². The summed E-state index contributed by atoms with van der Waals surface area (Å²) in [6.45, 7) is 3.80. The Morgan fingerprint density at radius 1 is 1.08 bits per heavy atom. The predicted octanol–water partition coefficient (Wildman–Crippen LogP) is 3.97. The van der Waals surface area contributed by atoms with Gasteiger partial charge in [0.2, 0.25) is 5.13 Å². The third kappa shape index (κ3) is 4.68. The van der Waals surface area contributed by atoms with Gasteiger partial charge < -0.3 is 4.18 Å². The van der Waals surface area contributed by atoms with Crippen LogP contribution in [0.1, 0.15) is 16.8 Å². The van der Waals surface area contributed by atoms with Crippen LogP contribution >= 0.6 is 11.3 Å². The first-order chi connectivity index (χ1) is 12.4. The van der Waals surface area contributed by atoms with Crippen LogP contribution in [-0.4, -0.2) is 19.6 Å². The van der Waals surface area contributed by atoms with E-state index in [0.29, 0.717) is 5.13 Å². The zero-order valence-corrected chi connectivity index (χ0v) is 15.8. The van der Waals surface area contributed by atoms with Crippen LogP contribution in [0.4, 0.5) is 5.13 Å². The molecule has 1 heterocycles. The number of hydrazone groups is 1. The average molecular weight is 387 g/mol. The standard InChI is InChI=1S/C18H17N3O3S2/c1-13-3-9-17(10-4-13)26(22,23)24-16-7-5-15(6-8-16)11-19-21-18-20-14(2)12-25-18/h3-12H,1-2H3,(H,20,21)/b19-11-. The molecule has 3 rings (SSSR count). The maximum atomic E-state index is 12.3. The smallest absolute Gasteiger partial charge is 0.339 e. The minimum atomic E-state index is -3.85. The van der Waals surface area contributed by atoms with Crippen molar-refractivity contribution in [2.45, 2.75) is 18.7 Å². The summed E-state index contributed by atoms with van der Waals surface area (Å²) < 4.78 is 29.7. The van der Waals surface area contributed by atoms with Crippen molar-refractivity contribution in [1.82, 2.24) is 4.98 Å². The highest BCUT2D eigenvalue weighted by Gasteiger charge is 2.16. The van der Waals surface area contributed by atoms with Gasteiger partial charge in [-0.1, -0.05) is 17.7 Å². The Labute approximate surface area is 156 Å². The maximum Gasteiger partial charge on any atom is 0.339 e. The van der Waals surface area contributed by atoms with Gasteiger partial charge in [0.05, 0.1) is 11.9 Å².